The van der Waals surface area contributed by atoms with Crippen molar-refractivity contribution in [2.45, 2.75) is 40.5 Å². The highest BCUT2D eigenvalue weighted by atomic mass is 16.5. The number of nitrogens with zero attached hydrogens (tertiary/aromatic N) is 1. The Morgan fingerprint density at radius 2 is 1.83 bits per heavy atom. The minimum Gasteiger partial charge on any atom is -0.465 e. The summed E-state index contributed by atoms with van der Waals surface area (Å²) in [6, 6.07) is 3.37. The van der Waals surface area contributed by atoms with Crippen molar-refractivity contribution in [2.75, 3.05) is 17.2 Å². The van der Waals surface area contributed by atoms with Crippen molar-refractivity contribution in [3.05, 3.63) is 17.7 Å². The Kier molecular flexibility index (Phi) is 7.18. The van der Waals surface area contributed by atoms with Gasteiger partial charge < -0.3 is 15.4 Å². The van der Waals surface area contributed by atoms with Crippen molar-refractivity contribution in [1.82, 2.24) is 4.98 Å². The number of carbonyl (C=O) groups is 3. The second-order valence-electron chi connectivity index (χ2n) is 5.29. The zero-order valence-electron chi connectivity index (χ0n) is 13.9. The molecule has 0 aliphatic heterocycles. The molecule has 7 nitrogen and oxygen atoms in total. The van der Waals surface area contributed by atoms with Gasteiger partial charge in [-0.25, -0.2) is 4.98 Å². The normalized spacial score (nSPS) is 11.5. The molecule has 1 atom stereocenters. The molecule has 0 aliphatic carbocycles. The van der Waals surface area contributed by atoms with Crippen LogP contribution in [0.5, 0.6) is 0 Å². The first kappa shape index (κ1) is 18.6. The number of carbonyl (C=O) groups excluding carboxylic acids is 3. The third-order valence-corrected chi connectivity index (χ3v) is 3.21. The SMILES string of the molecule is CCC(C)C(=O)OCCc1ccc(NC(C)=O)nc1NC(C)=O. The topological polar surface area (TPSA) is 97.4 Å². The van der Waals surface area contributed by atoms with E-state index in [0.29, 0.717) is 18.1 Å². The second-order valence-corrected chi connectivity index (χ2v) is 5.29. The number of amides is 2. The molecule has 0 bridgehead atoms. The number of rotatable bonds is 7. The van der Waals surface area contributed by atoms with Crippen molar-refractivity contribution in [3.63, 3.8) is 0 Å². The third-order valence-electron chi connectivity index (χ3n) is 3.21. The summed E-state index contributed by atoms with van der Waals surface area (Å²) in [5, 5.41) is 5.17. The zero-order chi connectivity index (χ0) is 17.4. The molecule has 0 radical (unpaired) electrons. The number of nitrogens with one attached hydrogen (secondary N) is 2. The number of hydrogen-bond donors (Lipinski definition) is 2. The van der Waals surface area contributed by atoms with Gasteiger partial charge in [0.25, 0.3) is 0 Å². The van der Waals surface area contributed by atoms with Crippen molar-refractivity contribution in [3.8, 4) is 0 Å². The number of ether oxygens (including phenoxy) is 1. The fourth-order valence-corrected chi connectivity index (χ4v) is 1.79. The van der Waals surface area contributed by atoms with Gasteiger partial charge in [0, 0.05) is 20.3 Å². The Morgan fingerprint density at radius 1 is 1.17 bits per heavy atom. The Balaban J connectivity index is 2.77. The van der Waals surface area contributed by atoms with E-state index < -0.39 is 0 Å². The molecular weight excluding hydrogens is 298 g/mol. The second kappa shape index (κ2) is 8.87. The molecule has 1 aromatic rings. The monoisotopic (exact) mass is 321 g/mol. The highest BCUT2D eigenvalue weighted by Gasteiger charge is 2.13. The first-order chi connectivity index (χ1) is 10.8. The third kappa shape index (κ3) is 6.46. The van der Waals surface area contributed by atoms with Crippen LogP contribution in [0.2, 0.25) is 0 Å². The molecule has 0 fully saturated rings. The van der Waals surface area contributed by atoms with E-state index in [9.17, 15) is 14.4 Å². The average Bonchev–Trinajstić information content (AvgIpc) is 2.47. The Hall–Kier alpha value is -2.44. The minimum absolute atomic E-state index is 0.134. The number of anilines is 2. The van der Waals surface area contributed by atoms with Crippen molar-refractivity contribution < 1.29 is 19.1 Å². The van der Waals surface area contributed by atoms with E-state index in [1.807, 2.05) is 13.8 Å². The molecule has 1 unspecified atom stereocenters. The van der Waals surface area contributed by atoms with Gasteiger partial charge in [0.05, 0.1) is 12.5 Å². The van der Waals surface area contributed by atoms with Gasteiger partial charge in [-0.3, -0.25) is 14.4 Å². The van der Waals surface area contributed by atoms with E-state index in [0.717, 1.165) is 12.0 Å². The molecule has 0 aliphatic rings. The predicted molar refractivity (Wildman–Crippen MR) is 87.0 cm³/mol. The average molecular weight is 321 g/mol. The van der Waals surface area contributed by atoms with E-state index in [-0.39, 0.29) is 30.3 Å². The molecular formula is C16H23N3O4. The number of aromatic nitrogens is 1. The molecule has 2 amide bonds. The van der Waals surface area contributed by atoms with E-state index in [4.69, 9.17) is 4.74 Å². The van der Waals surface area contributed by atoms with E-state index in [1.165, 1.54) is 13.8 Å². The highest BCUT2D eigenvalue weighted by molar-refractivity contribution is 5.90. The first-order valence-corrected chi connectivity index (χ1v) is 7.55. The van der Waals surface area contributed by atoms with Gasteiger partial charge in [-0.1, -0.05) is 19.9 Å². The molecule has 0 saturated carbocycles. The molecule has 1 aromatic heterocycles. The van der Waals surface area contributed by atoms with Crippen molar-refractivity contribution in [1.29, 1.82) is 0 Å². The molecule has 0 saturated heterocycles. The summed E-state index contributed by atoms with van der Waals surface area (Å²) in [4.78, 5) is 38.2. The first-order valence-electron chi connectivity index (χ1n) is 7.55. The molecule has 0 spiro atoms. The number of esters is 1. The lowest BCUT2D eigenvalue weighted by atomic mass is 10.1. The van der Waals surface area contributed by atoms with Crippen LogP contribution in [0.3, 0.4) is 0 Å². The quantitative estimate of drug-likeness (QED) is 0.750. The number of hydrogen-bond acceptors (Lipinski definition) is 5. The van der Waals surface area contributed by atoms with Crippen molar-refractivity contribution in [2.24, 2.45) is 5.92 Å². The maximum atomic E-state index is 11.6. The van der Waals surface area contributed by atoms with Crippen LogP contribution in [0.1, 0.15) is 39.7 Å². The Labute approximate surface area is 135 Å². The van der Waals surface area contributed by atoms with Crippen LogP contribution in [0.15, 0.2) is 12.1 Å². The van der Waals surface area contributed by atoms with E-state index in [1.54, 1.807) is 12.1 Å². The number of pyridine rings is 1. The summed E-state index contributed by atoms with van der Waals surface area (Å²) in [5.41, 5.74) is 0.728. The fourth-order valence-electron chi connectivity index (χ4n) is 1.79. The van der Waals surface area contributed by atoms with Crippen LogP contribution in [-0.4, -0.2) is 29.4 Å². The lowest BCUT2D eigenvalue weighted by molar-refractivity contribution is -0.147. The molecule has 1 heterocycles. The summed E-state index contributed by atoms with van der Waals surface area (Å²) in [7, 11) is 0. The zero-order valence-corrected chi connectivity index (χ0v) is 13.9. The Morgan fingerprint density at radius 3 is 2.39 bits per heavy atom. The van der Waals surface area contributed by atoms with Crippen LogP contribution in [0.25, 0.3) is 0 Å². The van der Waals surface area contributed by atoms with Crippen LogP contribution in [0, 0.1) is 5.92 Å². The predicted octanol–water partition coefficient (Wildman–Crippen LogP) is 2.13. The molecule has 0 aromatic carbocycles. The maximum absolute atomic E-state index is 11.6. The van der Waals surface area contributed by atoms with Crippen LogP contribution < -0.4 is 10.6 Å². The van der Waals surface area contributed by atoms with Gasteiger partial charge in [-0.05, 0) is 18.1 Å². The standard InChI is InChI=1S/C16H23N3O4/c1-5-10(2)16(22)23-9-8-13-6-7-14(17-11(3)20)19-15(13)18-12(4)21/h6-7,10H,5,8-9H2,1-4H3,(H2,17,18,19,20,21). The summed E-state index contributed by atoms with van der Waals surface area (Å²) in [6.07, 6.45) is 1.15. The Bertz CT molecular complexity index is 587. The van der Waals surface area contributed by atoms with Gasteiger partial charge in [0.15, 0.2) is 0 Å². The summed E-state index contributed by atoms with van der Waals surface area (Å²) < 4.78 is 5.20. The van der Waals surface area contributed by atoms with Gasteiger partial charge in [-0.15, -0.1) is 0 Å². The molecule has 2 N–H and O–H groups in total. The summed E-state index contributed by atoms with van der Waals surface area (Å²) >= 11 is 0. The van der Waals surface area contributed by atoms with E-state index >= 15 is 0 Å². The van der Waals surface area contributed by atoms with Gasteiger partial charge >= 0.3 is 5.97 Å². The molecule has 1 rings (SSSR count). The van der Waals surface area contributed by atoms with Crippen LogP contribution in [-0.2, 0) is 25.5 Å². The largest absolute Gasteiger partial charge is 0.465 e. The fraction of sp³-hybridized carbons (Fsp3) is 0.500. The van der Waals surface area contributed by atoms with Gasteiger partial charge in [0.2, 0.25) is 11.8 Å². The van der Waals surface area contributed by atoms with Crippen LogP contribution >= 0.6 is 0 Å². The van der Waals surface area contributed by atoms with E-state index in [2.05, 4.69) is 15.6 Å². The summed E-state index contributed by atoms with van der Waals surface area (Å²) in [6.45, 7) is 6.69. The lowest BCUT2D eigenvalue weighted by Crippen LogP contribution is -2.17. The van der Waals surface area contributed by atoms with Gasteiger partial charge in [-0.2, -0.15) is 0 Å². The molecule has 126 valence electrons. The van der Waals surface area contributed by atoms with Crippen LogP contribution in [0.4, 0.5) is 11.6 Å². The molecule has 23 heavy (non-hydrogen) atoms. The van der Waals surface area contributed by atoms with Crippen molar-refractivity contribution >= 4 is 29.4 Å². The smallest absolute Gasteiger partial charge is 0.308 e. The molecule has 7 heteroatoms. The minimum atomic E-state index is -0.268. The maximum Gasteiger partial charge on any atom is 0.308 e. The summed E-state index contributed by atoms with van der Waals surface area (Å²) in [5.74, 6) is -0.191. The lowest BCUT2D eigenvalue weighted by Gasteiger charge is -2.13. The van der Waals surface area contributed by atoms with Gasteiger partial charge in [0.1, 0.15) is 11.6 Å². The highest BCUT2D eigenvalue weighted by Crippen LogP contribution is 2.17.